The number of aryl methyl sites for hydroxylation is 1. The highest BCUT2D eigenvalue weighted by molar-refractivity contribution is 5.40. The van der Waals surface area contributed by atoms with Gasteiger partial charge < -0.3 is 10.8 Å². The molecule has 1 heterocycles. The van der Waals surface area contributed by atoms with Crippen LogP contribution in [0.1, 0.15) is 23.6 Å². The first-order valence-electron chi connectivity index (χ1n) is 5.92. The summed E-state index contributed by atoms with van der Waals surface area (Å²) < 4.78 is 14.1. The lowest BCUT2D eigenvalue weighted by atomic mass is 9.97. The van der Waals surface area contributed by atoms with Crippen LogP contribution in [0.4, 0.5) is 4.39 Å². The molecule has 94 valence electrons. The van der Waals surface area contributed by atoms with E-state index in [1.807, 2.05) is 7.05 Å². The van der Waals surface area contributed by atoms with E-state index in [2.05, 4.69) is 4.90 Å². The molecule has 17 heavy (non-hydrogen) atoms. The third-order valence-electron chi connectivity index (χ3n) is 3.65. The molecule has 0 saturated carbocycles. The van der Waals surface area contributed by atoms with Crippen LogP contribution in [0, 0.1) is 18.7 Å². The standard InChI is InChI=1S/C13H19FN2O/c1-8-3-4-11(17)12(13(8)14)10-5-9(6-15)7-16(10)2/h3-4,9-10,17H,5-7,15H2,1-2H3. The van der Waals surface area contributed by atoms with Crippen molar-refractivity contribution < 1.29 is 9.50 Å². The van der Waals surface area contributed by atoms with Gasteiger partial charge in [0.15, 0.2) is 0 Å². The lowest BCUT2D eigenvalue weighted by molar-refractivity contribution is 0.297. The molecule has 2 atom stereocenters. The molecule has 3 nitrogen and oxygen atoms in total. The van der Waals surface area contributed by atoms with Gasteiger partial charge in [0.2, 0.25) is 0 Å². The Morgan fingerprint density at radius 2 is 2.24 bits per heavy atom. The molecule has 0 amide bonds. The van der Waals surface area contributed by atoms with Crippen LogP contribution in [0.25, 0.3) is 0 Å². The van der Waals surface area contributed by atoms with Crippen molar-refractivity contribution in [3.05, 3.63) is 29.1 Å². The number of phenols is 1. The van der Waals surface area contributed by atoms with Crippen LogP contribution in [0.15, 0.2) is 12.1 Å². The lowest BCUT2D eigenvalue weighted by Crippen LogP contribution is -2.21. The molecule has 2 rings (SSSR count). The average Bonchev–Trinajstić information content (AvgIpc) is 2.66. The van der Waals surface area contributed by atoms with Crippen molar-refractivity contribution in [2.24, 2.45) is 11.7 Å². The topological polar surface area (TPSA) is 49.5 Å². The van der Waals surface area contributed by atoms with Crippen LogP contribution < -0.4 is 5.73 Å². The molecule has 1 saturated heterocycles. The minimum atomic E-state index is -0.292. The molecular formula is C13H19FN2O. The van der Waals surface area contributed by atoms with E-state index in [1.54, 1.807) is 19.1 Å². The van der Waals surface area contributed by atoms with Crippen molar-refractivity contribution in [3.63, 3.8) is 0 Å². The fourth-order valence-corrected chi connectivity index (χ4v) is 2.62. The quantitative estimate of drug-likeness (QED) is 0.826. The molecule has 3 N–H and O–H groups in total. The number of hydrogen-bond donors (Lipinski definition) is 2. The van der Waals surface area contributed by atoms with Gasteiger partial charge in [-0.1, -0.05) is 6.07 Å². The van der Waals surface area contributed by atoms with Crippen molar-refractivity contribution in [1.82, 2.24) is 4.90 Å². The zero-order valence-corrected chi connectivity index (χ0v) is 10.3. The summed E-state index contributed by atoms with van der Waals surface area (Å²) in [5.74, 6) is 0.131. The number of halogens is 1. The average molecular weight is 238 g/mol. The van der Waals surface area contributed by atoms with Crippen molar-refractivity contribution in [3.8, 4) is 5.75 Å². The number of rotatable bonds is 2. The molecule has 1 aliphatic heterocycles. The number of likely N-dealkylation sites (tertiary alicyclic amines) is 1. The number of aromatic hydroxyl groups is 1. The number of benzene rings is 1. The van der Waals surface area contributed by atoms with Crippen LogP contribution in [0.2, 0.25) is 0 Å². The van der Waals surface area contributed by atoms with Crippen molar-refractivity contribution in [2.45, 2.75) is 19.4 Å². The van der Waals surface area contributed by atoms with E-state index < -0.39 is 0 Å². The van der Waals surface area contributed by atoms with E-state index >= 15 is 0 Å². The predicted octanol–water partition coefficient (Wildman–Crippen LogP) is 1.79. The van der Waals surface area contributed by atoms with Gasteiger partial charge in [-0.25, -0.2) is 4.39 Å². The van der Waals surface area contributed by atoms with Gasteiger partial charge in [0.05, 0.1) is 0 Å². The van der Waals surface area contributed by atoms with Gasteiger partial charge in [0.25, 0.3) is 0 Å². The highest BCUT2D eigenvalue weighted by Gasteiger charge is 2.33. The Bertz CT molecular complexity index is 422. The molecule has 0 radical (unpaired) electrons. The minimum absolute atomic E-state index is 0.0441. The first-order valence-corrected chi connectivity index (χ1v) is 5.92. The van der Waals surface area contributed by atoms with Crippen LogP contribution in [0.3, 0.4) is 0 Å². The number of nitrogens with two attached hydrogens (primary N) is 1. The summed E-state index contributed by atoms with van der Waals surface area (Å²) in [6.45, 7) is 3.18. The van der Waals surface area contributed by atoms with Crippen LogP contribution in [-0.4, -0.2) is 30.1 Å². The Labute approximate surface area is 101 Å². The maximum Gasteiger partial charge on any atom is 0.134 e. The summed E-state index contributed by atoms with van der Waals surface area (Å²) >= 11 is 0. The molecule has 1 aromatic carbocycles. The third kappa shape index (κ3) is 2.15. The van der Waals surface area contributed by atoms with E-state index in [0.29, 0.717) is 23.6 Å². The van der Waals surface area contributed by atoms with Gasteiger partial charge in [-0.3, -0.25) is 4.90 Å². The largest absolute Gasteiger partial charge is 0.508 e. The first kappa shape index (κ1) is 12.3. The Balaban J connectivity index is 2.37. The molecule has 1 aliphatic rings. The number of nitrogens with zero attached hydrogens (tertiary/aromatic N) is 1. The van der Waals surface area contributed by atoms with E-state index in [1.165, 1.54) is 0 Å². The van der Waals surface area contributed by atoms with Crippen LogP contribution in [0.5, 0.6) is 5.75 Å². The van der Waals surface area contributed by atoms with E-state index in [4.69, 9.17) is 5.73 Å². The summed E-state index contributed by atoms with van der Waals surface area (Å²) in [5.41, 5.74) is 6.65. The van der Waals surface area contributed by atoms with Gasteiger partial charge >= 0.3 is 0 Å². The first-order chi connectivity index (χ1) is 8.04. The molecule has 0 aliphatic carbocycles. The van der Waals surface area contributed by atoms with Crippen LogP contribution >= 0.6 is 0 Å². The number of phenolic OH excluding ortho intramolecular Hbond substituents is 1. The van der Waals surface area contributed by atoms with Crippen molar-refractivity contribution in [1.29, 1.82) is 0 Å². The Kier molecular flexibility index (Phi) is 3.35. The summed E-state index contributed by atoms with van der Waals surface area (Å²) in [4.78, 5) is 2.06. The predicted molar refractivity (Wildman–Crippen MR) is 65.3 cm³/mol. The second-order valence-electron chi connectivity index (χ2n) is 4.92. The lowest BCUT2D eigenvalue weighted by Gasteiger charge is -2.21. The van der Waals surface area contributed by atoms with Crippen molar-refractivity contribution in [2.75, 3.05) is 20.1 Å². The Hall–Kier alpha value is -1.13. The zero-order chi connectivity index (χ0) is 12.6. The maximum atomic E-state index is 14.1. The van der Waals surface area contributed by atoms with Gasteiger partial charge in [-0.05, 0) is 44.5 Å². The number of hydrogen-bond acceptors (Lipinski definition) is 3. The zero-order valence-electron chi connectivity index (χ0n) is 10.3. The molecule has 1 fully saturated rings. The highest BCUT2D eigenvalue weighted by atomic mass is 19.1. The Morgan fingerprint density at radius 1 is 1.53 bits per heavy atom. The summed E-state index contributed by atoms with van der Waals surface area (Å²) in [6, 6.07) is 3.10. The third-order valence-corrected chi connectivity index (χ3v) is 3.65. The second kappa shape index (κ2) is 4.63. The summed E-state index contributed by atoms with van der Waals surface area (Å²) in [6.07, 6.45) is 0.806. The highest BCUT2D eigenvalue weighted by Crippen LogP contribution is 2.39. The minimum Gasteiger partial charge on any atom is -0.508 e. The van der Waals surface area contributed by atoms with E-state index in [0.717, 1.165) is 13.0 Å². The fraction of sp³-hybridized carbons (Fsp3) is 0.538. The fourth-order valence-electron chi connectivity index (χ4n) is 2.62. The SMILES string of the molecule is Cc1ccc(O)c(C2CC(CN)CN2C)c1F. The maximum absolute atomic E-state index is 14.1. The monoisotopic (exact) mass is 238 g/mol. The molecule has 2 unspecified atom stereocenters. The molecule has 4 heteroatoms. The molecule has 0 aromatic heterocycles. The van der Waals surface area contributed by atoms with Crippen molar-refractivity contribution >= 4 is 0 Å². The molecular weight excluding hydrogens is 219 g/mol. The molecule has 0 spiro atoms. The molecule has 1 aromatic rings. The van der Waals surface area contributed by atoms with E-state index in [-0.39, 0.29) is 17.6 Å². The van der Waals surface area contributed by atoms with Gasteiger partial charge in [-0.15, -0.1) is 0 Å². The summed E-state index contributed by atoms with van der Waals surface area (Å²) in [5, 5.41) is 9.86. The van der Waals surface area contributed by atoms with Crippen LogP contribution in [-0.2, 0) is 0 Å². The second-order valence-corrected chi connectivity index (χ2v) is 4.92. The van der Waals surface area contributed by atoms with Gasteiger partial charge in [0.1, 0.15) is 11.6 Å². The smallest absolute Gasteiger partial charge is 0.134 e. The molecule has 0 bridgehead atoms. The summed E-state index contributed by atoms with van der Waals surface area (Å²) in [7, 11) is 1.95. The Morgan fingerprint density at radius 3 is 2.82 bits per heavy atom. The van der Waals surface area contributed by atoms with E-state index in [9.17, 15) is 9.50 Å². The normalized spacial score (nSPS) is 25.4. The van der Waals surface area contributed by atoms with Gasteiger partial charge in [-0.2, -0.15) is 0 Å². The van der Waals surface area contributed by atoms with Gasteiger partial charge in [0, 0.05) is 18.2 Å².